The van der Waals surface area contributed by atoms with Crippen LogP contribution in [0.1, 0.15) is 15.9 Å². The number of esters is 1. The van der Waals surface area contributed by atoms with E-state index in [1.54, 1.807) is 17.0 Å². The van der Waals surface area contributed by atoms with Crippen molar-refractivity contribution in [3.8, 4) is 11.5 Å². The van der Waals surface area contributed by atoms with E-state index in [0.717, 1.165) is 29.9 Å². The smallest absolute Gasteiger partial charge is 0.340 e. The average molecular weight is 476 g/mol. The monoisotopic (exact) mass is 475 g/mol. The number of nitrogens with one attached hydrogen (secondary N) is 1. The molecule has 10 nitrogen and oxygen atoms in total. The largest absolute Gasteiger partial charge is 0.454 e. The van der Waals surface area contributed by atoms with Crippen molar-refractivity contribution in [2.24, 2.45) is 0 Å². The first-order chi connectivity index (χ1) is 15.8. The first-order valence-corrected chi connectivity index (χ1v) is 12.3. The van der Waals surface area contributed by atoms with Crippen LogP contribution < -0.4 is 14.2 Å². The highest BCUT2D eigenvalue weighted by Crippen LogP contribution is 2.32. The Bertz CT molecular complexity index is 1140. The Hall–Kier alpha value is -3.31. The second kappa shape index (κ2) is 9.67. The van der Waals surface area contributed by atoms with Crippen molar-refractivity contribution in [3.05, 3.63) is 53.6 Å². The summed E-state index contributed by atoms with van der Waals surface area (Å²) in [5, 5.41) is 0. The van der Waals surface area contributed by atoms with Crippen molar-refractivity contribution in [1.29, 1.82) is 0 Å². The highest BCUT2D eigenvalue weighted by atomic mass is 32.2. The van der Waals surface area contributed by atoms with E-state index in [1.807, 2.05) is 18.2 Å². The summed E-state index contributed by atoms with van der Waals surface area (Å²) in [6.45, 7) is 2.99. The van der Waals surface area contributed by atoms with E-state index in [4.69, 9.17) is 14.2 Å². The van der Waals surface area contributed by atoms with Gasteiger partial charge in [-0.3, -0.25) is 14.4 Å². The predicted molar refractivity (Wildman–Crippen MR) is 120 cm³/mol. The number of benzene rings is 2. The molecule has 2 aromatic carbocycles. The van der Waals surface area contributed by atoms with Gasteiger partial charge in [0.2, 0.25) is 16.8 Å². The van der Waals surface area contributed by atoms with Gasteiger partial charge in [0.15, 0.2) is 18.1 Å². The molecule has 1 N–H and O–H groups in total. The summed E-state index contributed by atoms with van der Waals surface area (Å²) in [5.41, 5.74) is 1.26. The number of carbonyl (C=O) groups excluding carboxylic acids is 2. The van der Waals surface area contributed by atoms with E-state index in [-0.39, 0.29) is 24.0 Å². The molecule has 33 heavy (non-hydrogen) atoms. The van der Waals surface area contributed by atoms with Crippen LogP contribution in [-0.4, -0.2) is 75.9 Å². The van der Waals surface area contributed by atoms with Gasteiger partial charge in [-0.15, -0.1) is 0 Å². The number of rotatable bonds is 7. The molecule has 1 fully saturated rings. The molecular formula is C22H25N3O7S. The number of piperazine rings is 1. The molecule has 2 aliphatic rings. The minimum absolute atomic E-state index is 0.0456. The van der Waals surface area contributed by atoms with Gasteiger partial charge in [0.25, 0.3) is 5.91 Å². The molecule has 0 aromatic heterocycles. The SMILES string of the molecule is CS(=O)(=O)Nc1ccccc1C(=O)OCC(=O)N1CCN(Cc2ccc3c(c2)OCO3)CC1. The molecular weight excluding hydrogens is 450 g/mol. The second-order valence-corrected chi connectivity index (χ2v) is 9.59. The topological polar surface area (TPSA) is 114 Å². The van der Waals surface area contributed by atoms with Crippen LogP contribution in [0.5, 0.6) is 11.5 Å². The van der Waals surface area contributed by atoms with Gasteiger partial charge in [0.05, 0.1) is 17.5 Å². The van der Waals surface area contributed by atoms with Gasteiger partial charge in [0, 0.05) is 32.7 Å². The Morgan fingerprint density at radius 3 is 2.52 bits per heavy atom. The Labute approximate surface area is 192 Å². The predicted octanol–water partition coefficient (Wildman–Crippen LogP) is 1.29. The maximum absolute atomic E-state index is 12.5. The molecule has 0 saturated carbocycles. The molecule has 4 rings (SSSR count). The van der Waals surface area contributed by atoms with Gasteiger partial charge in [-0.25, -0.2) is 13.2 Å². The summed E-state index contributed by atoms with van der Waals surface area (Å²) >= 11 is 0. The lowest BCUT2D eigenvalue weighted by molar-refractivity contribution is -0.136. The number of anilines is 1. The van der Waals surface area contributed by atoms with Crippen LogP contribution in [0.4, 0.5) is 5.69 Å². The minimum atomic E-state index is -3.56. The fourth-order valence-electron chi connectivity index (χ4n) is 3.70. The number of sulfonamides is 1. The molecule has 0 spiro atoms. The van der Waals surface area contributed by atoms with Gasteiger partial charge in [-0.1, -0.05) is 18.2 Å². The zero-order chi connectivity index (χ0) is 23.4. The quantitative estimate of drug-likeness (QED) is 0.596. The Morgan fingerprint density at radius 1 is 1.03 bits per heavy atom. The third kappa shape index (κ3) is 5.93. The summed E-state index contributed by atoms with van der Waals surface area (Å²) in [6.07, 6.45) is 0.991. The van der Waals surface area contributed by atoms with Crippen molar-refractivity contribution < 1.29 is 32.2 Å². The molecule has 0 radical (unpaired) electrons. The highest BCUT2D eigenvalue weighted by Gasteiger charge is 2.24. The Morgan fingerprint density at radius 2 is 1.76 bits per heavy atom. The summed E-state index contributed by atoms with van der Waals surface area (Å²) < 4.78 is 41.2. The van der Waals surface area contributed by atoms with Crippen LogP contribution in [0.15, 0.2) is 42.5 Å². The molecule has 2 heterocycles. The molecule has 2 aromatic rings. The molecule has 11 heteroatoms. The molecule has 0 aliphatic carbocycles. The Kier molecular flexibility index (Phi) is 6.70. The van der Waals surface area contributed by atoms with E-state index >= 15 is 0 Å². The van der Waals surface area contributed by atoms with Crippen LogP contribution in [0, 0.1) is 0 Å². The number of nitrogens with zero attached hydrogens (tertiary/aromatic N) is 2. The maximum atomic E-state index is 12.5. The molecule has 176 valence electrons. The van der Waals surface area contributed by atoms with Crippen molar-refractivity contribution in [1.82, 2.24) is 9.80 Å². The number of hydrogen-bond donors (Lipinski definition) is 1. The molecule has 0 unspecified atom stereocenters. The second-order valence-electron chi connectivity index (χ2n) is 7.84. The Balaban J connectivity index is 1.25. The van der Waals surface area contributed by atoms with E-state index < -0.39 is 22.6 Å². The lowest BCUT2D eigenvalue weighted by atomic mass is 10.1. The number of hydrogen-bond acceptors (Lipinski definition) is 8. The lowest BCUT2D eigenvalue weighted by Gasteiger charge is -2.34. The van der Waals surface area contributed by atoms with E-state index in [0.29, 0.717) is 26.2 Å². The van der Waals surface area contributed by atoms with E-state index in [9.17, 15) is 18.0 Å². The molecule has 0 bridgehead atoms. The van der Waals surface area contributed by atoms with E-state index in [2.05, 4.69) is 9.62 Å². The van der Waals surface area contributed by atoms with Gasteiger partial charge >= 0.3 is 5.97 Å². The zero-order valence-corrected chi connectivity index (χ0v) is 19.0. The molecule has 2 aliphatic heterocycles. The molecule has 0 atom stereocenters. The van der Waals surface area contributed by atoms with Crippen molar-refractivity contribution in [3.63, 3.8) is 0 Å². The average Bonchev–Trinajstić information content (AvgIpc) is 3.25. The summed E-state index contributed by atoms with van der Waals surface area (Å²) in [7, 11) is -3.56. The van der Waals surface area contributed by atoms with E-state index in [1.165, 1.54) is 12.1 Å². The van der Waals surface area contributed by atoms with Crippen molar-refractivity contribution in [2.75, 3.05) is 50.6 Å². The number of fused-ring (bicyclic) bond motifs is 1. The summed E-state index contributed by atoms with van der Waals surface area (Å²) in [5.74, 6) is 0.436. The van der Waals surface area contributed by atoms with Gasteiger partial charge in [0.1, 0.15) is 0 Å². The maximum Gasteiger partial charge on any atom is 0.340 e. The van der Waals surface area contributed by atoms with Crippen LogP contribution in [0.25, 0.3) is 0 Å². The minimum Gasteiger partial charge on any atom is -0.454 e. The van der Waals surface area contributed by atoms with Crippen LogP contribution in [0.3, 0.4) is 0 Å². The first-order valence-electron chi connectivity index (χ1n) is 10.4. The standard InChI is InChI=1S/C22H25N3O7S/c1-33(28,29)23-18-5-3-2-4-17(18)22(27)30-14-21(26)25-10-8-24(9-11-25)13-16-6-7-19-20(12-16)32-15-31-19/h2-7,12,23H,8-11,13-15H2,1H3. The zero-order valence-electron chi connectivity index (χ0n) is 18.2. The van der Waals surface area contributed by atoms with Crippen LogP contribution in [-0.2, 0) is 26.1 Å². The first kappa shape index (κ1) is 22.9. The third-order valence-electron chi connectivity index (χ3n) is 5.34. The molecule has 1 saturated heterocycles. The highest BCUT2D eigenvalue weighted by molar-refractivity contribution is 7.92. The lowest BCUT2D eigenvalue weighted by Crippen LogP contribution is -2.49. The van der Waals surface area contributed by atoms with Crippen LogP contribution in [0.2, 0.25) is 0 Å². The van der Waals surface area contributed by atoms with Crippen LogP contribution >= 0.6 is 0 Å². The number of amides is 1. The van der Waals surface area contributed by atoms with Crippen molar-refractivity contribution in [2.45, 2.75) is 6.54 Å². The van der Waals surface area contributed by atoms with Crippen molar-refractivity contribution >= 4 is 27.6 Å². The fourth-order valence-corrected chi connectivity index (χ4v) is 4.28. The summed E-state index contributed by atoms with van der Waals surface area (Å²) in [4.78, 5) is 28.8. The fraction of sp³-hybridized carbons (Fsp3) is 0.364. The van der Waals surface area contributed by atoms with Gasteiger partial charge in [-0.2, -0.15) is 0 Å². The number of ether oxygens (including phenoxy) is 3. The summed E-state index contributed by atoms with van der Waals surface area (Å²) in [6, 6.07) is 11.9. The van der Waals surface area contributed by atoms with Gasteiger partial charge in [-0.05, 0) is 29.8 Å². The normalized spacial score (nSPS) is 15.8. The molecule has 1 amide bonds. The van der Waals surface area contributed by atoms with Gasteiger partial charge < -0.3 is 19.1 Å². The third-order valence-corrected chi connectivity index (χ3v) is 5.93. The number of para-hydroxylation sites is 1. The number of carbonyl (C=O) groups is 2.